The molecule has 0 amide bonds. The maximum absolute atomic E-state index is 9.94. The smallest absolute Gasteiger partial charge is 0.187 e. The van der Waals surface area contributed by atoms with Crippen LogP contribution in [-0.4, -0.2) is 115 Å². The molecule has 2 saturated heterocycles. The molecule has 0 aliphatic carbocycles. The summed E-state index contributed by atoms with van der Waals surface area (Å²) >= 11 is 0. The molecule has 2 aliphatic heterocycles. The van der Waals surface area contributed by atoms with Crippen LogP contribution in [0.2, 0.25) is 0 Å². The molecule has 0 radical (unpaired) electrons. The van der Waals surface area contributed by atoms with Gasteiger partial charge in [-0.3, -0.25) is 0 Å². The SMILES string of the molecule is OCC1O[C@H](O[C@@H]2C(CO)OC(O)C(O)[C@H]2O)[C@@H](O)C(O)[C@@H]1O. The van der Waals surface area contributed by atoms with Crippen LogP contribution in [-0.2, 0) is 14.2 Å². The molecule has 0 aromatic rings. The Bertz CT molecular complexity index is 378. The number of rotatable bonds is 4. The second kappa shape index (κ2) is 7.63. The fourth-order valence-corrected chi connectivity index (χ4v) is 2.57. The molecular weight excluding hydrogens is 320 g/mol. The molecule has 0 aromatic heterocycles. The normalized spacial score (nSPS) is 51.7. The van der Waals surface area contributed by atoms with E-state index in [9.17, 15) is 35.7 Å². The molecule has 5 unspecified atom stereocenters. The van der Waals surface area contributed by atoms with Crippen LogP contribution in [0.15, 0.2) is 0 Å². The number of hydrogen-bond donors (Lipinski definition) is 8. The monoisotopic (exact) mass is 342 g/mol. The molecule has 23 heavy (non-hydrogen) atoms. The van der Waals surface area contributed by atoms with Crippen molar-refractivity contribution < 1.29 is 55.1 Å². The van der Waals surface area contributed by atoms with Crippen molar-refractivity contribution in [2.75, 3.05) is 13.2 Å². The van der Waals surface area contributed by atoms with Crippen LogP contribution in [0.25, 0.3) is 0 Å². The van der Waals surface area contributed by atoms with E-state index in [1.807, 2.05) is 0 Å². The highest BCUT2D eigenvalue weighted by Gasteiger charge is 2.50. The van der Waals surface area contributed by atoms with Gasteiger partial charge in [0, 0.05) is 0 Å². The van der Waals surface area contributed by atoms with Gasteiger partial charge in [-0.05, 0) is 0 Å². The standard InChI is InChI=1S/C12H22O11/c13-1-3-5(15)6(16)9(19)12(22-3)23-10-4(2-14)21-11(20)8(18)7(10)17/h3-20H,1-2H2/t3?,4?,5-,6?,7-,8?,9+,10-,11?,12-/m1/s1. The first-order valence-corrected chi connectivity index (χ1v) is 7.08. The van der Waals surface area contributed by atoms with E-state index in [0.717, 1.165) is 0 Å². The summed E-state index contributed by atoms with van der Waals surface area (Å²) in [5.74, 6) is 0. The van der Waals surface area contributed by atoms with Crippen molar-refractivity contribution in [1.82, 2.24) is 0 Å². The van der Waals surface area contributed by atoms with E-state index >= 15 is 0 Å². The number of aliphatic hydroxyl groups is 8. The molecular formula is C12H22O11. The Morgan fingerprint density at radius 2 is 1.26 bits per heavy atom. The average Bonchev–Trinajstić information content (AvgIpc) is 2.55. The summed E-state index contributed by atoms with van der Waals surface area (Å²) in [6.07, 6.45) is -15.6. The third-order valence-corrected chi connectivity index (χ3v) is 3.98. The molecule has 0 bridgehead atoms. The minimum absolute atomic E-state index is 0.667. The lowest BCUT2D eigenvalue weighted by molar-refractivity contribution is -0.355. The van der Waals surface area contributed by atoms with Gasteiger partial charge in [0.25, 0.3) is 0 Å². The minimum Gasteiger partial charge on any atom is -0.394 e. The van der Waals surface area contributed by atoms with E-state index in [2.05, 4.69) is 0 Å². The third-order valence-electron chi connectivity index (χ3n) is 3.98. The van der Waals surface area contributed by atoms with E-state index in [1.54, 1.807) is 0 Å². The highest BCUT2D eigenvalue weighted by Crippen LogP contribution is 2.28. The predicted octanol–water partition coefficient (Wildman–Crippen LogP) is -5.40. The van der Waals surface area contributed by atoms with Gasteiger partial charge in [0.15, 0.2) is 12.6 Å². The molecule has 0 aromatic carbocycles. The predicted molar refractivity (Wildman–Crippen MR) is 68.6 cm³/mol. The van der Waals surface area contributed by atoms with Crippen LogP contribution in [0.3, 0.4) is 0 Å². The number of ether oxygens (including phenoxy) is 3. The zero-order valence-electron chi connectivity index (χ0n) is 12.0. The van der Waals surface area contributed by atoms with Crippen molar-refractivity contribution in [3.63, 3.8) is 0 Å². The van der Waals surface area contributed by atoms with Crippen molar-refractivity contribution in [3.8, 4) is 0 Å². The van der Waals surface area contributed by atoms with Crippen LogP contribution >= 0.6 is 0 Å². The summed E-state index contributed by atoms with van der Waals surface area (Å²) in [7, 11) is 0. The van der Waals surface area contributed by atoms with Gasteiger partial charge in [0.1, 0.15) is 48.8 Å². The largest absolute Gasteiger partial charge is 0.394 e. The Hall–Kier alpha value is -0.440. The second-order valence-corrected chi connectivity index (χ2v) is 5.53. The lowest BCUT2D eigenvalue weighted by atomic mass is 9.97. The first-order chi connectivity index (χ1) is 10.8. The van der Waals surface area contributed by atoms with Gasteiger partial charge in [0.05, 0.1) is 13.2 Å². The van der Waals surface area contributed by atoms with Crippen LogP contribution in [0.4, 0.5) is 0 Å². The first-order valence-electron chi connectivity index (χ1n) is 7.08. The van der Waals surface area contributed by atoms with Gasteiger partial charge < -0.3 is 55.1 Å². The maximum atomic E-state index is 9.94. The lowest BCUT2D eigenvalue weighted by Gasteiger charge is -2.45. The third kappa shape index (κ3) is 3.65. The first kappa shape index (κ1) is 18.9. The molecule has 2 rings (SSSR count). The topological polar surface area (TPSA) is 190 Å². The van der Waals surface area contributed by atoms with E-state index in [0.29, 0.717) is 0 Å². The van der Waals surface area contributed by atoms with E-state index in [-0.39, 0.29) is 0 Å². The summed E-state index contributed by atoms with van der Waals surface area (Å²) in [6.45, 7) is -1.35. The van der Waals surface area contributed by atoms with Gasteiger partial charge >= 0.3 is 0 Å². The maximum Gasteiger partial charge on any atom is 0.187 e. The highest BCUT2D eigenvalue weighted by molar-refractivity contribution is 4.93. The summed E-state index contributed by atoms with van der Waals surface area (Å²) in [4.78, 5) is 0. The van der Waals surface area contributed by atoms with Gasteiger partial charge in [-0.1, -0.05) is 0 Å². The molecule has 8 N–H and O–H groups in total. The fraction of sp³-hybridized carbons (Fsp3) is 1.00. The molecule has 10 atom stereocenters. The van der Waals surface area contributed by atoms with Crippen molar-refractivity contribution in [2.45, 2.75) is 61.4 Å². The van der Waals surface area contributed by atoms with Gasteiger partial charge in [-0.2, -0.15) is 0 Å². The molecule has 2 fully saturated rings. The van der Waals surface area contributed by atoms with Crippen LogP contribution in [0.5, 0.6) is 0 Å². The summed E-state index contributed by atoms with van der Waals surface area (Å²) in [5, 5.41) is 76.5. The average molecular weight is 342 g/mol. The summed E-state index contributed by atoms with van der Waals surface area (Å²) < 4.78 is 15.3. The van der Waals surface area contributed by atoms with Crippen LogP contribution in [0.1, 0.15) is 0 Å². The summed E-state index contributed by atoms with van der Waals surface area (Å²) in [5.41, 5.74) is 0. The Labute approximate surface area is 130 Å². The Kier molecular flexibility index (Phi) is 6.27. The molecule has 2 aliphatic rings. The van der Waals surface area contributed by atoms with E-state index in [1.165, 1.54) is 0 Å². The molecule has 0 spiro atoms. The molecule has 11 nitrogen and oxygen atoms in total. The zero-order chi connectivity index (χ0) is 17.3. The van der Waals surface area contributed by atoms with Crippen molar-refractivity contribution >= 4 is 0 Å². The zero-order valence-corrected chi connectivity index (χ0v) is 12.0. The van der Waals surface area contributed by atoms with Crippen molar-refractivity contribution in [1.29, 1.82) is 0 Å². The van der Waals surface area contributed by atoms with Gasteiger partial charge in [-0.15, -0.1) is 0 Å². The molecule has 136 valence electrons. The van der Waals surface area contributed by atoms with Gasteiger partial charge in [0.2, 0.25) is 0 Å². The lowest BCUT2D eigenvalue weighted by Crippen LogP contribution is -2.64. The van der Waals surface area contributed by atoms with Gasteiger partial charge in [-0.25, -0.2) is 0 Å². The second-order valence-electron chi connectivity index (χ2n) is 5.53. The number of hydrogen-bond acceptors (Lipinski definition) is 11. The van der Waals surface area contributed by atoms with Crippen molar-refractivity contribution in [2.24, 2.45) is 0 Å². The molecule has 11 heteroatoms. The van der Waals surface area contributed by atoms with E-state index in [4.69, 9.17) is 19.3 Å². The summed E-state index contributed by atoms with van der Waals surface area (Å²) in [6, 6.07) is 0. The quantitative estimate of drug-likeness (QED) is 0.243. The Morgan fingerprint density at radius 3 is 1.83 bits per heavy atom. The van der Waals surface area contributed by atoms with Crippen molar-refractivity contribution in [3.05, 3.63) is 0 Å². The minimum atomic E-state index is -1.74. The number of aliphatic hydroxyl groups excluding tert-OH is 8. The Balaban J connectivity index is 2.11. The van der Waals surface area contributed by atoms with Crippen LogP contribution in [0, 0.1) is 0 Å². The molecule has 2 heterocycles. The van der Waals surface area contributed by atoms with Crippen LogP contribution < -0.4 is 0 Å². The Morgan fingerprint density at radius 1 is 0.652 bits per heavy atom. The fourth-order valence-electron chi connectivity index (χ4n) is 2.57. The highest BCUT2D eigenvalue weighted by atomic mass is 16.7. The molecule has 0 saturated carbocycles. The van der Waals surface area contributed by atoms with E-state index < -0.39 is 74.6 Å².